The predicted molar refractivity (Wildman–Crippen MR) is 78.0 cm³/mol. The van der Waals surface area contributed by atoms with E-state index in [9.17, 15) is 4.79 Å². The van der Waals surface area contributed by atoms with E-state index in [1.807, 2.05) is 0 Å². The lowest BCUT2D eigenvalue weighted by molar-refractivity contribution is -0.132. The van der Waals surface area contributed by atoms with E-state index < -0.39 is 0 Å². The summed E-state index contributed by atoms with van der Waals surface area (Å²) >= 11 is 0. The standard InChI is InChI=1S/C15H23N5O/c16-5-2-8-20(9-3-6-17)15(21)12-19-10-13-4-1-7-18-14(13)11-19/h13-14,18H,1-4,7-12H2. The molecule has 2 unspecified atom stereocenters. The number of piperidine rings is 1. The summed E-state index contributed by atoms with van der Waals surface area (Å²) < 4.78 is 0. The smallest absolute Gasteiger partial charge is 0.236 e. The quantitative estimate of drug-likeness (QED) is 0.761. The van der Waals surface area contributed by atoms with Crippen molar-refractivity contribution in [2.24, 2.45) is 5.92 Å². The van der Waals surface area contributed by atoms with E-state index in [0.29, 0.717) is 44.4 Å². The van der Waals surface area contributed by atoms with Crippen LogP contribution < -0.4 is 5.32 Å². The normalized spacial score (nSPS) is 24.9. The SMILES string of the molecule is N#CCCN(CCC#N)C(=O)CN1CC2CCCNC2C1. The highest BCUT2D eigenvalue weighted by Crippen LogP contribution is 2.24. The maximum absolute atomic E-state index is 12.4. The van der Waals surface area contributed by atoms with Crippen molar-refractivity contribution in [2.45, 2.75) is 31.7 Å². The molecule has 2 saturated heterocycles. The first-order chi connectivity index (χ1) is 10.2. The van der Waals surface area contributed by atoms with Crippen LogP contribution in [-0.4, -0.2) is 61.0 Å². The Balaban J connectivity index is 1.83. The highest BCUT2D eigenvalue weighted by molar-refractivity contribution is 5.78. The van der Waals surface area contributed by atoms with E-state index in [2.05, 4.69) is 22.4 Å². The van der Waals surface area contributed by atoms with Gasteiger partial charge in [0.15, 0.2) is 0 Å². The number of carbonyl (C=O) groups is 1. The number of nitriles is 2. The topological polar surface area (TPSA) is 83.2 Å². The Kier molecular flexibility index (Phi) is 5.98. The number of rotatable bonds is 6. The van der Waals surface area contributed by atoms with Gasteiger partial charge >= 0.3 is 0 Å². The van der Waals surface area contributed by atoms with E-state index in [0.717, 1.165) is 19.6 Å². The Bertz CT molecular complexity index is 406. The average Bonchev–Trinajstić information content (AvgIpc) is 2.89. The summed E-state index contributed by atoms with van der Waals surface area (Å²) in [4.78, 5) is 16.2. The largest absolute Gasteiger partial charge is 0.340 e. The molecule has 2 heterocycles. The molecule has 2 fully saturated rings. The van der Waals surface area contributed by atoms with Crippen molar-refractivity contribution in [3.63, 3.8) is 0 Å². The highest BCUT2D eigenvalue weighted by Gasteiger charge is 2.35. The van der Waals surface area contributed by atoms with Crippen molar-refractivity contribution in [2.75, 3.05) is 39.3 Å². The van der Waals surface area contributed by atoms with Gasteiger partial charge in [-0.1, -0.05) is 0 Å². The molecule has 2 atom stereocenters. The van der Waals surface area contributed by atoms with Gasteiger partial charge in [0, 0.05) is 32.2 Å². The molecule has 0 saturated carbocycles. The minimum atomic E-state index is 0.0409. The molecular weight excluding hydrogens is 266 g/mol. The van der Waals surface area contributed by atoms with Crippen LogP contribution in [0.15, 0.2) is 0 Å². The molecule has 0 aliphatic carbocycles. The predicted octanol–water partition coefficient (Wildman–Crippen LogP) is 0.326. The van der Waals surface area contributed by atoms with Crippen molar-refractivity contribution >= 4 is 5.91 Å². The molecule has 21 heavy (non-hydrogen) atoms. The second-order valence-corrected chi connectivity index (χ2v) is 5.85. The molecule has 0 aromatic heterocycles. The molecule has 2 rings (SSSR count). The van der Waals surface area contributed by atoms with Crippen LogP contribution >= 0.6 is 0 Å². The molecule has 0 aromatic carbocycles. The Morgan fingerprint density at radius 2 is 1.95 bits per heavy atom. The van der Waals surface area contributed by atoms with Crippen LogP contribution in [0.1, 0.15) is 25.7 Å². The van der Waals surface area contributed by atoms with Crippen molar-refractivity contribution in [1.82, 2.24) is 15.1 Å². The summed E-state index contributed by atoms with van der Waals surface area (Å²) in [5.74, 6) is 0.706. The van der Waals surface area contributed by atoms with E-state index >= 15 is 0 Å². The lowest BCUT2D eigenvalue weighted by Gasteiger charge is -2.24. The van der Waals surface area contributed by atoms with Crippen LogP contribution in [0.25, 0.3) is 0 Å². The fraction of sp³-hybridized carbons (Fsp3) is 0.800. The molecule has 0 bridgehead atoms. The second kappa shape index (κ2) is 7.97. The Labute approximate surface area is 126 Å². The minimum absolute atomic E-state index is 0.0409. The third-order valence-corrected chi connectivity index (χ3v) is 4.37. The van der Waals surface area contributed by atoms with Gasteiger partial charge in [0.2, 0.25) is 5.91 Å². The highest BCUT2D eigenvalue weighted by atomic mass is 16.2. The third kappa shape index (κ3) is 4.42. The molecule has 114 valence electrons. The second-order valence-electron chi connectivity index (χ2n) is 5.85. The molecule has 1 amide bonds. The Morgan fingerprint density at radius 1 is 1.24 bits per heavy atom. The first-order valence-corrected chi connectivity index (χ1v) is 7.72. The molecule has 0 spiro atoms. The van der Waals surface area contributed by atoms with Gasteiger partial charge in [0.1, 0.15) is 0 Å². The van der Waals surface area contributed by atoms with E-state index in [1.54, 1.807) is 4.90 Å². The van der Waals surface area contributed by atoms with Gasteiger partial charge in [0.25, 0.3) is 0 Å². The van der Waals surface area contributed by atoms with Crippen molar-refractivity contribution in [1.29, 1.82) is 10.5 Å². The van der Waals surface area contributed by atoms with Crippen molar-refractivity contribution in [3.8, 4) is 12.1 Å². The zero-order chi connectivity index (χ0) is 15.1. The first-order valence-electron chi connectivity index (χ1n) is 7.72. The zero-order valence-corrected chi connectivity index (χ0v) is 12.4. The summed E-state index contributed by atoms with van der Waals surface area (Å²) in [6, 6.07) is 4.65. The zero-order valence-electron chi connectivity index (χ0n) is 12.4. The number of carbonyl (C=O) groups excluding carboxylic acids is 1. The lowest BCUT2D eigenvalue weighted by Crippen LogP contribution is -2.42. The summed E-state index contributed by atoms with van der Waals surface area (Å²) in [5, 5.41) is 20.9. The van der Waals surface area contributed by atoms with Crippen LogP contribution in [0, 0.1) is 28.6 Å². The van der Waals surface area contributed by atoms with Crippen LogP contribution in [-0.2, 0) is 4.79 Å². The monoisotopic (exact) mass is 289 g/mol. The summed E-state index contributed by atoms with van der Waals surface area (Å²) in [5.41, 5.74) is 0. The van der Waals surface area contributed by atoms with Gasteiger partial charge in [-0.2, -0.15) is 10.5 Å². The number of nitrogens with one attached hydrogen (secondary N) is 1. The van der Waals surface area contributed by atoms with E-state index in [-0.39, 0.29) is 5.91 Å². The van der Waals surface area contributed by atoms with Crippen LogP contribution in [0.2, 0.25) is 0 Å². The number of amides is 1. The van der Waals surface area contributed by atoms with Gasteiger partial charge in [-0.15, -0.1) is 0 Å². The van der Waals surface area contributed by atoms with E-state index in [1.165, 1.54) is 12.8 Å². The third-order valence-electron chi connectivity index (χ3n) is 4.37. The van der Waals surface area contributed by atoms with Crippen LogP contribution in [0.4, 0.5) is 0 Å². The van der Waals surface area contributed by atoms with Crippen LogP contribution in [0.3, 0.4) is 0 Å². The van der Waals surface area contributed by atoms with Gasteiger partial charge in [-0.25, -0.2) is 0 Å². The van der Waals surface area contributed by atoms with E-state index in [4.69, 9.17) is 10.5 Å². The number of hydrogen-bond donors (Lipinski definition) is 1. The molecule has 0 aromatic rings. The molecule has 0 radical (unpaired) electrons. The van der Waals surface area contributed by atoms with Gasteiger partial charge in [-0.05, 0) is 25.3 Å². The van der Waals surface area contributed by atoms with Gasteiger partial charge < -0.3 is 10.2 Å². The Morgan fingerprint density at radius 3 is 2.57 bits per heavy atom. The molecule has 1 N–H and O–H groups in total. The summed E-state index contributed by atoms with van der Waals surface area (Å²) in [7, 11) is 0. The fourth-order valence-corrected chi connectivity index (χ4v) is 3.29. The molecular formula is C15H23N5O. The lowest BCUT2D eigenvalue weighted by atomic mass is 9.94. The molecule has 6 heteroatoms. The summed E-state index contributed by atoms with van der Waals surface area (Å²) in [6.45, 7) is 4.26. The van der Waals surface area contributed by atoms with Crippen molar-refractivity contribution in [3.05, 3.63) is 0 Å². The van der Waals surface area contributed by atoms with Crippen molar-refractivity contribution < 1.29 is 4.79 Å². The number of hydrogen-bond acceptors (Lipinski definition) is 5. The maximum Gasteiger partial charge on any atom is 0.236 e. The number of fused-ring (bicyclic) bond motifs is 1. The number of likely N-dealkylation sites (tertiary alicyclic amines) is 1. The fourth-order valence-electron chi connectivity index (χ4n) is 3.29. The average molecular weight is 289 g/mol. The first kappa shape index (κ1) is 15.8. The molecule has 2 aliphatic rings. The van der Waals surface area contributed by atoms with Gasteiger partial charge in [-0.3, -0.25) is 9.69 Å². The minimum Gasteiger partial charge on any atom is -0.340 e. The van der Waals surface area contributed by atoms with Crippen LogP contribution in [0.5, 0.6) is 0 Å². The maximum atomic E-state index is 12.4. The Hall–Kier alpha value is -1.63. The molecule has 6 nitrogen and oxygen atoms in total. The van der Waals surface area contributed by atoms with Gasteiger partial charge in [0.05, 0.1) is 31.5 Å². The molecule has 2 aliphatic heterocycles. The number of nitrogens with zero attached hydrogens (tertiary/aromatic N) is 4. The summed E-state index contributed by atoms with van der Waals surface area (Å²) in [6.07, 6.45) is 3.11.